The van der Waals surface area contributed by atoms with Gasteiger partial charge in [0.1, 0.15) is 11.0 Å². The number of benzene rings is 1. The zero-order valence-corrected chi connectivity index (χ0v) is 10.9. The van der Waals surface area contributed by atoms with Crippen molar-refractivity contribution in [3.63, 3.8) is 0 Å². The fraction of sp³-hybridized carbons (Fsp3) is 0.250. The first-order valence-electron chi connectivity index (χ1n) is 5.44. The fourth-order valence-electron chi connectivity index (χ4n) is 1.39. The van der Waals surface area contributed by atoms with Crippen molar-refractivity contribution in [2.75, 3.05) is 11.9 Å². The summed E-state index contributed by atoms with van der Waals surface area (Å²) in [6.07, 6.45) is 0. The molecule has 0 spiro atoms. The molecule has 5 nitrogen and oxygen atoms in total. The summed E-state index contributed by atoms with van der Waals surface area (Å²) in [6.45, 7) is 1.62. The molecule has 1 aromatic heterocycles. The standard InChI is InChI=1S/C12H13N3O2S/c1-8(11(16)17)15(2)12-14-13-10(18-12)9-6-4-3-5-7-9/h3-8H,1-2H3,(H,16,17). The first-order chi connectivity index (χ1) is 8.59. The molecule has 94 valence electrons. The maximum atomic E-state index is 10.9. The number of likely N-dealkylation sites (N-methyl/N-ethyl adjacent to an activating group) is 1. The van der Waals surface area contributed by atoms with Crippen LogP contribution in [0, 0.1) is 0 Å². The van der Waals surface area contributed by atoms with Gasteiger partial charge in [0.2, 0.25) is 5.13 Å². The lowest BCUT2D eigenvalue weighted by atomic mass is 10.2. The van der Waals surface area contributed by atoms with Crippen molar-refractivity contribution in [2.24, 2.45) is 0 Å². The van der Waals surface area contributed by atoms with Crippen molar-refractivity contribution < 1.29 is 9.90 Å². The highest BCUT2D eigenvalue weighted by atomic mass is 32.1. The number of aliphatic carboxylic acids is 1. The van der Waals surface area contributed by atoms with Crippen molar-refractivity contribution in [1.82, 2.24) is 10.2 Å². The zero-order valence-electron chi connectivity index (χ0n) is 10.1. The third-order valence-electron chi connectivity index (χ3n) is 2.68. The van der Waals surface area contributed by atoms with Gasteiger partial charge in [-0.05, 0) is 6.92 Å². The Morgan fingerprint density at radius 3 is 2.61 bits per heavy atom. The summed E-state index contributed by atoms with van der Waals surface area (Å²) in [4.78, 5) is 12.5. The van der Waals surface area contributed by atoms with Gasteiger partial charge in [0.15, 0.2) is 0 Å². The van der Waals surface area contributed by atoms with Crippen LogP contribution in [0.25, 0.3) is 10.6 Å². The Kier molecular flexibility index (Phi) is 3.57. The summed E-state index contributed by atoms with van der Waals surface area (Å²) < 4.78 is 0. The van der Waals surface area contributed by atoms with Gasteiger partial charge in [0.05, 0.1) is 0 Å². The molecular formula is C12H13N3O2S. The van der Waals surface area contributed by atoms with E-state index in [1.165, 1.54) is 11.3 Å². The molecule has 2 aromatic rings. The Morgan fingerprint density at radius 2 is 2.00 bits per heavy atom. The van der Waals surface area contributed by atoms with Crippen LogP contribution in [0.1, 0.15) is 6.92 Å². The monoisotopic (exact) mass is 263 g/mol. The van der Waals surface area contributed by atoms with Gasteiger partial charge in [-0.2, -0.15) is 0 Å². The second kappa shape index (κ2) is 5.14. The first-order valence-corrected chi connectivity index (χ1v) is 6.26. The molecule has 6 heteroatoms. The third kappa shape index (κ3) is 2.48. The van der Waals surface area contributed by atoms with Gasteiger partial charge in [-0.1, -0.05) is 41.7 Å². The van der Waals surface area contributed by atoms with Gasteiger partial charge >= 0.3 is 5.97 Å². The van der Waals surface area contributed by atoms with Crippen LogP contribution in [0.4, 0.5) is 5.13 Å². The molecule has 2 rings (SSSR count). The summed E-state index contributed by atoms with van der Waals surface area (Å²) in [7, 11) is 1.70. The largest absolute Gasteiger partial charge is 0.480 e. The maximum Gasteiger partial charge on any atom is 0.326 e. The highest BCUT2D eigenvalue weighted by Gasteiger charge is 2.20. The van der Waals surface area contributed by atoms with Gasteiger partial charge in [0.25, 0.3) is 0 Å². The Balaban J connectivity index is 2.23. The molecule has 0 saturated heterocycles. The molecule has 0 saturated carbocycles. The smallest absolute Gasteiger partial charge is 0.326 e. The highest BCUT2D eigenvalue weighted by Crippen LogP contribution is 2.28. The van der Waals surface area contributed by atoms with E-state index in [1.807, 2.05) is 30.3 Å². The summed E-state index contributed by atoms with van der Waals surface area (Å²) in [6, 6.07) is 9.07. The minimum absolute atomic E-state index is 0.601. The van der Waals surface area contributed by atoms with Gasteiger partial charge in [-0.25, -0.2) is 4.79 Å². The molecular weight excluding hydrogens is 250 g/mol. The minimum atomic E-state index is -0.881. The van der Waals surface area contributed by atoms with E-state index in [-0.39, 0.29) is 0 Å². The number of hydrogen-bond donors (Lipinski definition) is 1. The molecule has 18 heavy (non-hydrogen) atoms. The summed E-state index contributed by atoms with van der Waals surface area (Å²) in [5, 5.41) is 18.5. The molecule has 0 aliphatic heterocycles. The third-order valence-corrected chi connectivity index (χ3v) is 3.74. The number of hydrogen-bond acceptors (Lipinski definition) is 5. The normalized spacial score (nSPS) is 12.1. The van der Waals surface area contributed by atoms with Crippen molar-refractivity contribution in [2.45, 2.75) is 13.0 Å². The van der Waals surface area contributed by atoms with Crippen LogP contribution in [0.15, 0.2) is 30.3 Å². The molecule has 0 bridgehead atoms. The first kappa shape index (κ1) is 12.5. The SMILES string of the molecule is CC(C(=O)O)N(C)c1nnc(-c2ccccc2)s1. The zero-order chi connectivity index (χ0) is 13.1. The quantitative estimate of drug-likeness (QED) is 0.915. The molecule has 0 fully saturated rings. The van der Waals surface area contributed by atoms with Gasteiger partial charge in [0, 0.05) is 12.6 Å². The highest BCUT2D eigenvalue weighted by molar-refractivity contribution is 7.18. The number of rotatable bonds is 4. The average molecular weight is 263 g/mol. The molecule has 1 unspecified atom stereocenters. The van der Waals surface area contributed by atoms with Crippen molar-refractivity contribution >= 4 is 22.4 Å². The number of carboxylic acids is 1. The van der Waals surface area contributed by atoms with Gasteiger partial charge < -0.3 is 10.0 Å². The van der Waals surface area contributed by atoms with Crippen molar-refractivity contribution in [3.8, 4) is 10.6 Å². The van der Waals surface area contributed by atoms with E-state index in [9.17, 15) is 4.79 Å². The Hall–Kier alpha value is -1.95. The number of nitrogens with zero attached hydrogens (tertiary/aromatic N) is 3. The second-order valence-corrected chi connectivity index (χ2v) is 4.84. The predicted molar refractivity (Wildman–Crippen MR) is 70.8 cm³/mol. The number of aromatic nitrogens is 2. The summed E-state index contributed by atoms with van der Waals surface area (Å²) >= 11 is 1.38. The van der Waals surface area contributed by atoms with Crippen LogP contribution in [0.3, 0.4) is 0 Å². The van der Waals surface area contributed by atoms with Gasteiger partial charge in [-0.3, -0.25) is 0 Å². The fourth-order valence-corrected chi connectivity index (χ4v) is 2.28. The summed E-state index contributed by atoms with van der Waals surface area (Å²) in [5.41, 5.74) is 0.984. The van der Waals surface area contributed by atoms with Crippen molar-refractivity contribution in [1.29, 1.82) is 0 Å². The second-order valence-electron chi connectivity index (χ2n) is 3.88. The van der Waals surface area contributed by atoms with Gasteiger partial charge in [-0.15, -0.1) is 10.2 Å². The maximum absolute atomic E-state index is 10.9. The summed E-state index contributed by atoms with van der Waals surface area (Å²) in [5.74, 6) is -0.881. The topological polar surface area (TPSA) is 66.3 Å². The minimum Gasteiger partial charge on any atom is -0.480 e. The molecule has 1 N–H and O–H groups in total. The number of carbonyl (C=O) groups is 1. The Labute approximate surface area is 109 Å². The molecule has 0 aliphatic rings. The molecule has 0 aliphatic carbocycles. The van der Waals surface area contributed by atoms with E-state index in [0.29, 0.717) is 5.13 Å². The van der Waals surface area contributed by atoms with E-state index >= 15 is 0 Å². The number of carboxylic acid groups (broad SMARTS) is 1. The van der Waals surface area contributed by atoms with Crippen LogP contribution < -0.4 is 4.90 Å². The van der Waals surface area contributed by atoms with Crippen LogP contribution in [-0.4, -0.2) is 34.4 Å². The lowest BCUT2D eigenvalue weighted by molar-refractivity contribution is -0.138. The van der Waals surface area contributed by atoms with Crippen LogP contribution in [-0.2, 0) is 4.79 Å². The lowest BCUT2D eigenvalue weighted by Gasteiger charge is -2.19. The van der Waals surface area contributed by atoms with E-state index in [1.54, 1.807) is 18.9 Å². The van der Waals surface area contributed by atoms with Crippen LogP contribution in [0.2, 0.25) is 0 Å². The Bertz CT molecular complexity index is 541. The molecule has 1 heterocycles. The average Bonchev–Trinajstić information content (AvgIpc) is 2.87. The van der Waals surface area contributed by atoms with E-state index in [4.69, 9.17) is 5.11 Å². The molecule has 0 radical (unpaired) electrons. The van der Waals surface area contributed by atoms with Crippen molar-refractivity contribution in [3.05, 3.63) is 30.3 Å². The van der Waals surface area contributed by atoms with E-state index in [2.05, 4.69) is 10.2 Å². The molecule has 1 atom stereocenters. The lowest BCUT2D eigenvalue weighted by Crippen LogP contribution is -2.35. The number of anilines is 1. The van der Waals surface area contributed by atoms with Crippen LogP contribution >= 0.6 is 11.3 Å². The van der Waals surface area contributed by atoms with Crippen LogP contribution in [0.5, 0.6) is 0 Å². The van der Waals surface area contributed by atoms with E-state index in [0.717, 1.165) is 10.6 Å². The molecule has 0 amide bonds. The molecule has 1 aromatic carbocycles. The van der Waals surface area contributed by atoms with E-state index < -0.39 is 12.0 Å². The Morgan fingerprint density at radius 1 is 1.33 bits per heavy atom. The predicted octanol–water partition coefficient (Wildman–Crippen LogP) is 2.11.